The van der Waals surface area contributed by atoms with Gasteiger partial charge in [-0.25, -0.2) is 0 Å². The molecule has 0 radical (unpaired) electrons. The molecule has 0 saturated heterocycles. The molecule has 1 aliphatic carbocycles. The minimum atomic E-state index is -0.628. The zero-order chi connectivity index (χ0) is 20.8. The quantitative estimate of drug-likeness (QED) is 0.779. The van der Waals surface area contributed by atoms with Crippen molar-refractivity contribution in [3.8, 4) is 11.5 Å². The molecule has 29 heavy (non-hydrogen) atoms. The Bertz CT molecular complexity index is 958. The summed E-state index contributed by atoms with van der Waals surface area (Å²) in [4.78, 5) is 28.1. The summed E-state index contributed by atoms with van der Waals surface area (Å²) in [5.74, 6) is 1.71. The second-order valence-corrected chi connectivity index (χ2v) is 8.70. The van der Waals surface area contributed by atoms with Crippen molar-refractivity contribution >= 4 is 17.4 Å². The van der Waals surface area contributed by atoms with Gasteiger partial charge in [-0.05, 0) is 42.2 Å². The van der Waals surface area contributed by atoms with Crippen LogP contribution in [0.25, 0.3) is 0 Å². The van der Waals surface area contributed by atoms with Gasteiger partial charge in [0.05, 0.1) is 26.2 Å². The Morgan fingerprint density at radius 1 is 1.00 bits per heavy atom. The van der Waals surface area contributed by atoms with E-state index in [9.17, 15) is 9.59 Å². The van der Waals surface area contributed by atoms with Crippen molar-refractivity contribution in [3.05, 3.63) is 53.6 Å². The molecule has 152 valence electrons. The van der Waals surface area contributed by atoms with E-state index >= 15 is 0 Å². The maximum Gasteiger partial charge on any atom is 0.238 e. The first-order chi connectivity index (χ1) is 13.8. The molecule has 0 bridgehead atoms. The van der Waals surface area contributed by atoms with Crippen molar-refractivity contribution < 1.29 is 19.1 Å². The number of ether oxygens (including phenoxy) is 2. The molecule has 2 aromatic rings. The van der Waals surface area contributed by atoms with Gasteiger partial charge in [0.1, 0.15) is 17.3 Å². The number of benzene rings is 2. The maximum atomic E-state index is 13.8. The van der Waals surface area contributed by atoms with E-state index < -0.39 is 10.8 Å². The monoisotopic (exact) mass is 393 g/mol. The lowest BCUT2D eigenvalue weighted by molar-refractivity contribution is -0.135. The van der Waals surface area contributed by atoms with Gasteiger partial charge >= 0.3 is 0 Å². The molecule has 1 atom stereocenters. The van der Waals surface area contributed by atoms with Gasteiger partial charge in [-0.1, -0.05) is 32.0 Å². The number of rotatable bonds is 4. The molecule has 5 nitrogen and oxygen atoms in total. The highest BCUT2D eigenvalue weighted by Crippen LogP contribution is 2.54. The zero-order valence-corrected chi connectivity index (χ0v) is 17.5. The van der Waals surface area contributed by atoms with Crippen LogP contribution in [0, 0.1) is 5.41 Å². The van der Waals surface area contributed by atoms with E-state index in [1.54, 1.807) is 14.2 Å². The Hall–Kier alpha value is -2.82. The second-order valence-electron chi connectivity index (χ2n) is 8.70. The first kappa shape index (κ1) is 19.5. The number of hydrogen-bond acceptors (Lipinski definition) is 4. The summed E-state index contributed by atoms with van der Waals surface area (Å²) >= 11 is 0. The van der Waals surface area contributed by atoms with Crippen molar-refractivity contribution in [1.82, 2.24) is 0 Å². The topological polar surface area (TPSA) is 55.8 Å². The largest absolute Gasteiger partial charge is 0.497 e. The summed E-state index contributed by atoms with van der Waals surface area (Å²) in [6.45, 7) is 4.35. The molecular weight excluding hydrogens is 366 g/mol. The number of methoxy groups -OCH3 is 2. The van der Waals surface area contributed by atoms with Crippen LogP contribution in [-0.2, 0) is 21.5 Å². The van der Waals surface area contributed by atoms with Crippen LogP contribution in [0.15, 0.2) is 42.5 Å². The Balaban J connectivity index is 1.75. The van der Waals surface area contributed by atoms with Crippen LogP contribution in [-0.4, -0.2) is 25.9 Å². The summed E-state index contributed by atoms with van der Waals surface area (Å²) in [5, 5.41) is 0. The number of fused-ring (bicyclic) bond motifs is 2. The first-order valence-electron chi connectivity index (χ1n) is 9.97. The van der Waals surface area contributed by atoms with Crippen LogP contribution in [0.4, 0.5) is 5.69 Å². The highest BCUT2D eigenvalue weighted by atomic mass is 16.5. The van der Waals surface area contributed by atoms with Crippen LogP contribution >= 0.6 is 0 Å². The fraction of sp³-hybridized carbons (Fsp3) is 0.417. The molecule has 2 aliphatic rings. The van der Waals surface area contributed by atoms with Crippen molar-refractivity contribution in [2.75, 3.05) is 19.1 Å². The van der Waals surface area contributed by atoms with Crippen molar-refractivity contribution in [1.29, 1.82) is 0 Å². The first-order valence-corrected chi connectivity index (χ1v) is 9.97. The second kappa shape index (κ2) is 6.90. The lowest BCUT2D eigenvalue weighted by Gasteiger charge is -2.40. The number of hydrogen-bond donors (Lipinski definition) is 0. The fourth-order valence-electron chi connectivity index (χ4n) is 4.91. The summed E-state index contributed by atoms with van der Waals surface area (Å²) in [6, 6.07) is 13.7. The third-order valence-electron chi connectivity index (χ3n) is 6.39. The molecule has 1 fully saturated rings. The minimum absolute atomic E-state index is 0.0843. The number of anilines is 1. The van der Waals surface area contributed by atoms with Crippen LogP contribution in [0.5, 0.6) is 11.5 Å². The highest BCUT2D eigenvalue weighted by Gasteiger charge is 2.56. The average molecular weight is 393 g/mol. The molecule has 2 aromatic carbocycles. The third-order valence-corrected chi connectivity index (χ3v) is 6.39. The number of carbonyl (C=O) groups is 2. The molecule has 1 spiro atoms. The smallest absolute Gasteiger partial charge is 0.238 e. The Kier molecular flexibility index (Phi) is 4.64. The van der Waals surface area contributed by atoms with Crippen molar-refractivity contribution in [2.45, 2.75) is 45.1 Å². The van der Waals surface area contributed by atoms with Gasteiger partial charge in [0, 0.05) is 23.6 Å². The zero-order valence-electron chi connectivity index (χ0n) is 17.5. The van der Waals surface area contributed by atoms with Gasteiger partial charge in [0.2, 0.25) is 5.91 Å². The molecule has 0 aromatic heterocycles. The average Bonchev–Trinajstić information content (AvgIpc) is 2.93. The van der Waals surface area contributed by atoms with E-state index in [1.165, 1.54) is 0 Å². The summed E-state index contributed by atoms with van der Waals surface area (Å²) in [6.07, 6.45) is 1.56. The van der Waals surface area contributed by atoms with E-state index in [-0.39, 0.29) is 11.7 Å². The predicted molar refractivity (Wildman–Crippen MR) is 111 cm³/mol. The van der Waals surface area contributed by atoms with Crippen LogP contribution < -0.4 is 14.4 Å². The van der Waals surface area contributed by atoms with Crippen LogP contribution in [0.3, 0.4) is 0 Å². The van der Waals surface area contributed by atoms with E-state index in [1.807, 2.05) is 61.2 Å². The summed E-state index contributed by atoms with van der Waals surface area (Å²) < 4.78 is 10.8. The Labute approximate surface area is 171 Å². The van der Waals surface area contributed by atoms with Crippen LogP contribution in [0.1, 0.15) is 44.2 Å². The number of Topliss-reactive ketones (excluding diaryl/α,β-unsaturated/α-hetero) is 1. The van der Waals surface area contributed by atoms with Gasteiger partial charge in [-0.3, -0.25) is 9.59 Å². The molecule has 0 N–H and O–H groups in total. The van der Waals surface area contributed by atoms with Crippen LogP contribution in [0.2, 0.25) is 0 Å². The Morgan fingerprint density at radius 2 is 1.66 bits per heavy atom. The minimum Gasteiger partial charge on any atom is -0.497 e. The van der Waals surface area contributed by atoms with Crippen molar-refractivity contribution in [2.24, 2.45) is 5.41 Å². The molecule has 1 aliphatic heterocycles. The summed E-state index contributed by atoms with van der Waals surface area (Å²) in [7, 11) is 3.23. The van der Waals surface area contributed by atoms with Crippen molar-refractivity contribution in [3.63, 3.8) is 0 Å². The Morgan fingerprint density at radius 3 is 2.28 bits per heavy atom. The molecule has 4 rings (SSSR count). The van der Waals surface area contributed by atoms with E-state index in [4.69, 9.17) is 9.47 Å². The molecular formula is C24H27NO4. The summed E-state index contributed by atoms with van der Waals surface area (Å²) in [5.41, 5.74) is 1.78. The fourth-order valence-corrected chi connectivity index (χ4v) is 4.91. The molecule has 1 heterocycles. The molecule has 1 unspecified atom stereocenters. The SMILES string of the molecule is COc1cc(CN2C(=O)C3(CCC(=O)C(C)(C)C3)c3ccccc32)cc(OC)c1. The number of para-hydroxylation sites is 1. The van der Waals surface area contributed by atoms with Gasteiger partial charge in [-0.2, -0.15) is 0 Å². The maximum absolute atomic E-state index is 13.8. The highest BCUT2D eigenvalue weighted by molar-refractivity contribution is 6.09. The standard InChI is InChI=1S/C24H27NO4/c1-23(2)15-24(10-9-21(23)26)19-7-5-6-8-20(19)25(22(24)27)14-16-11-17(28-3)13-18(12-16)29-4/h5-8,11-13H,9-10,14-15H2,1-4H3. The van der Waals surface area contributed by atoms with Gasteiger partial charge in [-0.15, -0.1) is 0 Å². The third kappa shape index (κ3) is 3.09. The van der Waals surface area contributed by atoms with Gasteiger partial charge < -0.3 is 14.4 Å². The van der Waals surface area contributed by atoms with E-state index in [0.29, 0.717) is 37.3 Å². The number of carbonyl (C=O) groups excluding carboxylic acids is 2. The van der Waals surface area contributed by atoms with Gasteiger partial charge in [0.25, 0.3) is 0 Å². The number of nitrogens with zero attached hydrogens (tertiary/aromatic N) is 1. The van der Waals surface area contributed by atoms with E-state index in [2.05, 4.69) is 0 Å². The number of ketones is 1. The normalized spacial score (nSPS) is 22.7. The molecule has 5 heteroatoms. The van der Waals surface area contributed by atoms with Gasteiger partial charge in [0.15, 0.2) is 0 Å². The predicted octanol–water partition coefficient (Wildman–Crippen LogP) is 4.27. The van der Waals surface area contributed by atoms with E-state index in [0.717, 1.165) is 16.8 Å². The lowest BCUT2D eigenvalue weighted by atomic mass is 9.60. The number of amides is 1. The molecule has 1 amide bonds. The molecule has 1 saturated carbocycles. The lowest BCUT2D eigenvalue weighted by Crippen LogP contribution is -2.48.